The Kier molecular flexibility index (Phi) is 5.04. The van der Waals surface area contributed by atoms with Gasteiger partial charge in [0.1, 0.15) is 11.5 Å². The van der Waals surface area contributed by atoms with Crippen LogP contribution in [0, 0.1) is 6.92 Å². The number of ether oxygens (including phenoxy) is 2. The Morgan fingerprint density at radius 1 is 1.18 bits per heavy atom. The second-order valence-electron chi connectivity index (χ2n) is 5.13. The fraction of sp³-hybridized carbons (Fsp3) is 0.278. The number of benzene rings is 2. The maximum absolute atomic E-state index is 12.6. The molecule has 0 saturated carbocycles. The molecule has 0 spiro atoms. The summed E-state index contributed by atoms with van der Waals surface area (Å²) >= 11 is 0. The Balaban J connectivity index is 2.17. The van der Waals surface area contributed by atoms with E-state index < -0.39 is 6.10 Å². The summed E-state index contributed by atoms with van der Waals surface area (Å²) in [5, 5.41) is 0. The highest BCUT2D eigenvalue weighted by Crippen LogP contribution is 2.22. The van der Waals surface area contributed by atoms with Crippen LogP contribution < -0.4 is 15.2 Å². The minimum atomic E-state index is -0.517. The van der Waals surface area contributed by atoms with Crippen LogP contribution in [0.2, 0.25) is 0 Å². The predicted octanol–water partition coefficient (Wildman–Crippen LogP) is 3.63. The summed E-state index contributed by atoms with van der Waals surface area (Å²) in [6, 6.07) is 12.4. The first-order valence-corrected chi connectivity index (χ1v) is 7.26. The number of nitrogen functional groups attached to an aromatic ring is 1. The smallest absolute Gasteiger partial charge is 0.203 e. The Bertz CT molecular complexity index is 650. The van der Waals surface area contributed by atoms with Gasteiger partial charge in [0.05, 0.1) is 7.11 Å². The van der Waals surface area contributed by atoms with Crippen LogP contribution >= 0.6 is 0 Å². The van der Waals surface area contributed by atoms with Crippen molar-refractivity contribution < 1.29 is 14.3 Å². The first-order valence-electron chi connectivity index (χ1n) is 7.26. The molecule has 0 saturated heterocycles. The Morgan fingerprint density at radius 3 is 2.41 bits per heavy atom. The van der Waals surface area contributed by atoms with E-state index in [1.54, 1.807) is 43.5 Å². The molecule has 2 N–H and O–H groups in total. The molecule has 4 heteroatoms. The normalized spacial score (nSPS) is 11.8. The summed E-state index contributed by atoms with van der Waals surface area (Å²) in [6.07, 6.45) is 0.0743. The van der Waals surface area contributed by atoms with Gasteiger partial charge in [0.15, 0.2) is 6.10 Å². The lowest BCUT2D eigenvalue weighted by Crippen LogP contribution is -2.26. The van der Waals surface area contributed by atoms with Gasteiger partial charge in [-0.25, -0.2) is 0 Å². The molecule has 0 aliphatic rings. The zero-order chi connectivity index (χ0) is 16.1. The molecule has 0 radical (unpaired) electrons. The van der Waals surface area contributed by atoms with Crippen LogP contribution in [0.25, 0.3) is 0 Å². The number of anilines is 1. The number of rotatable bonds is 6. The van der Waals surface area contributed by atoms with E-state index in [1.807, 2.05) is 19.9 Å². The van der Waals surface area contributed by atoms with Crippen molar-refractivity contribution in [2.45, 2.75) is 26.4 Å². The molecule has 0 aliphatic carbocycles. The van der Waals surface area contributed by atoms with E-state index in [4.69, 9.17) is 15.2 Å². The topological polar surface area (TPSA) is 61.5 Å². The van der Waals surface area contributed by atoms with Gasteiger partial charge >= 0.3 is 0 Å². The average molecular weight is 299 g/mol. The number of aryl methyl sites for hydroxylation is 1. The highest BCUT2D eigenvalue weighted by atomic mass is 16.5. The average Bonchev–Trinajstić information content (AvgIpc) is 2.53. The van der Waals surface area contributed by atoms with Gasteiger partial charge in [-0.15, -0.1) is 0 Å². The van der Waals surface area contributed by atoms with Crippen LogP contribution in [-0.2, 0) is 0 Å². The summed E-state index contributed by atoms with van der Waals surface area (Å²) in [7, 11) is 1.61. The van der Waals surface area contributed by atoms with Crippen LogP contribution in [0.4, 0.5) is 5.69 Å². The SMILES string of the molecule is CCC(Oc1ccc(N)cc1)C(=O)c1ccc(OC)c(C)c1. The molecular weight excluding hydrogens is 278 g/mol. The largest absolute Gasteiger partial charge is 0.496 e. The van der Waals surface area contributed by atoms with Crippen LogP contribution in [0.15, 0.2) is 42.5 Å². The van der Waals surface area contributed by atoms with Gasteiger partial charge in [-0.05, 0) is 61.4 Å². The Labute approximate surface area is 130 Å². The number of Topliss-reactive ketones (excluding diaryl/α,β-unsaturated/α-hetero) is 1. The minimum absolute atomic E-state index is 0.0370. The number of carbonyl (C=O) groups excluding carboxylic acids is 1. The van der Waals surface area contributed by atoms with E-state index in [-0.39, 0.29) is 5.78 Å². The van der Waals surface area contributed by atoms with Crippen LogP contribution in [0.5, 0.6) is 11.5 Å². The molecule has 2 rings (SSSR count). The van der Waals surface area contributed by atoms with Gasteiger partial charge in [0.2, 0.25) is 5.78 Å². The van der Waals surface area contributed by atoms with Gasteiger partial charge in [-0.1, -0.05) is 6.92 Å². The van der Waals surface area contributed by atoms with Gasteiger partial charge in [-0.3, -0.25) is 4.79 Å². The van der Waals surface area contributed by atoms with Crippen molar-refractivity contribution >= 4 is 11.5 Å². The molecule has 1 unspecified atom stereocenters. The number of nitrogens with two attached hydrogens (primary N) is 1. The zero-order valence-electron chi connectivity index (χ0n) is 13.1. The van der Waals surface area contributed by atoms with Crippen LogP contribution in [-0.4, -0.2) is 19.0 Å². The summed E-state index contributed by atoms with van der Waals surface area (Å²) in [5.74, 6) is 1.37. The number of methoxy groups -OCH3 is 1. The molecule has 4 nitrogen and oxygen atoms in total. The van der Waals surface area contributed by atoms with E-state index in [0.29, 0.717) is 23.4 Å². The van der Waals surface area contributed by atoms with Crippen molar-refractivity contribution in [2.75, 3.05) is 12.8 Å². The number of hydrogen-bond donors (Lipinski definition) is 1. The Morgan fingerprint density at radius 2 is 1.86 bits per heavy atom. The predicted molar refractivity (Wildman–Crippen MR) is 87.6 cm³/mol. The molecule has 2 aromatic rings. The lowest BCUT2D eigenvalue weighted by Gasteiger charge is -2.17. The van der Waals surface area contributed by atoms with Crippen molar-refractivity contribution in [1.29, 1.82) is 0 Å². The first kappa shape index (κ1) is 15.9. The maximum Gasteiger partial charge on any atom is 0.203 e. The molecule has 0 bridgehead atoms. The third-order valence-corrected chi connectivity index (χ3v) is 3.50. The second-order valence-corrected chi connectivity index (χ2v) is 5.13. The molecule has 0 aromatic heterocycles. The quantitative estimate of drug-likeness (QED) is 0.653. The Hall–Kier alpha value is -2.49. The summed E-state index contributed by atoms with van der Waals surface area (Å²) < 4.78 is 11.0. The van der Waals surface area contributed by atoms with Gasteiger partial charge < -0.3 is 15.2 Å². The van der Waals surface area contributed by atoms with E-state index in [0.717, 1.165) is 11.3 Å². The van der Waals surface area contributed by atoms with Crippen LogP contribution in [0.3, 0.4) is 0 Å². The highest BCUT2D eigenvalue weighted by Gasteiger charge is 2.20. The van der Waals surface area contributed by atoms with Gasteiger partial charge in [-0.2, -0.15) is 0 Å². The zero-order valence-corrected chi connectivity index (χ0v) is 13.1. The van der Waals surface area contributed by atoms with E-state index >= 15 is 0 Å². The molecule has 0 fully saturated rings. The van der Waals surface area contributed by atoms with Crippen molar-refractivity contribution in [2.24, 2.45) is 0 Å². The standard InChI is InChI=1S/C18H21NO3/c1-4-16(22-15-8-6-14(19)7-9-15)18(20)13-5-10-17(21-3)12(2)11-13/h5-11,16H,4,19H2,1-3H3. The second kappa shape index (κ2) is 6.98. The molecule has 2 aromatic carbocycles. The third-order valence-electron chi connectivity index (χ3n) is 3.50. The third kappa shape index (κ3) is 3.58. The molecule has 0 amide bonds. The molecule has 116 valence electrons. The summed E-state index contributed by atoms with van der Waals surface area (Å²) in [6.45, 7) is 3.84. The van der Waals surface area contributed by atoms with Crippen LogP contribution in [0.1, 0.15) is 29.3 Å². The van der Waals surface area contributed by atoms with Gasteiger partial charge in [0, 0.05) is 11.3 Å². The molecule has 0 heterocycles. The van der Waals surface area contributed by atoms with E-state index in [2.05, 4.69) is 0 Å². The van der Waals surface area contributed by atoms with E-state index in [1.165, 1.54) is 0 Å². The number of carbonyl (C=O) groups is 1. The number of ketones is 1. The monoisotopic (exact) mass is 299 g/mol. The van der Waals surface area contributed by atoms with Crippen molar-refractivity contribution in [3.05, 3.63) is 53.6 Å². The summed E-state index contributed by atoms with van der Waals surface area (Å²) in [4.78, 5) is 12.6. The fourth-order valence-electron chi connectivity index (χ4n) is 2.25. The number of hydrogen-bond acceptors (Lipinski definition) is 4. The molecule has 1 atom stereocenters. The van der Waals surface area contributed by atoms with Gasteiger partial charge in [0.25, 0.3) is 0 Å². The molecular formula is C18H21NO3. The minimum Gasteiger partial charge on any atom is -0.496 e. The maximum atomic E-state index is 12.6. The summed E-state index contributed by atoms with van der Waals surface area (Å²) in [5.41, 5.74) is 7.87. The fourth-order valence-corrected chi connectivity index (χ4v) is 2.25. The van der Waals surface area contributed by atoms with E-state index in [9.17, 15) is 4.79 Å². The molecule has 0 aliphatic heterocycles. The lowest BCUT2D eigenvalue weighted by molar-refractivity contribution is 0.0786. The van der Waals surface area contributed by atoms with Crippen molar-refractivity contribution in [1.82, 2.24) is 0 Å². The highest BCUT2D eigenvalue weighted by molar-refractivity contribution is 6.00. The first-order chi connectivity index (χ1) is 10.5. The molecule has 22 heavy (non-hydrogen) atoms. The van der Waals surface area contributed by atoms with Crippen molar-refractivity contribution in [3.8, 4) is 11.5 Å². The lowest BCUT2D eigenvalue weighted by atomic mass is 10.0. The van der Waals surface area contributed by atoms with Crippen molar-refractivity contribution in [3.63, 3.8) is 0 Å².